The first-order chi connectivity index (χ1) is 11.2. The zero-order valence-electron chi connectivity index (χ0n) is 13.2. The first-order valence-corrected chi connectivity index (χ1v) is 7.99. The predicted octanol–water partition coefficient (Wildman–Crippen LogP) is 1.84. The highest BCUT2D eigenvalue weighted by atomic mass is 16.5. The summed E-state index contributed by atoms with van der Waals surface area (Å²) in [6, 6.07) is 9.95. The van der Waals surface area contributed by atoms with Gasteiger partial charge < -0.3 is 14.6 Å². The number of ether oxygens (including phenoxy) is 1. The molecule has 1 N–H and O–H groups in total. The summed E-state index contributed by atoms with van der Waals surface area (Å²) in [6.07, 6.45) is 1.80. The van der Waals surface area contributed by atoms with Gasteiger partial charge in [0.2, 0.25) is 5.89 Å². The van der Waals surface area contributed by atoms with Crippen molar-refractivity contribution in [2.75, 3.05) is 19.7 Å². The maximum absolute atomic E-state index is 12.5. The Morgan fingerprint density at radius 2 is 2.04 bits per heavy atom. The summed E-state index contributed by atoms with van der Waals surface area (Å²) in [7, 11) is 0. The number of aromatic nitrogens is 2. The fraction of sp³-hybridized carbons (Fsp3) is 0.471. The number of hydrogen-bond acceptors (Lipinski definition) is 6. The minimum absolute atomic E-state index is 0.267. The minimum Gasteiger partial charge on any atom is -0.465 e. The fourth-order valence-corrected chi connectivity index (χ4v) is 2.93. The molecule has 2 heterocycles. The molecule has 2 aromatic rings. The molecule has 0 unspecified atom stereocenters. The molecule has 1 aliphatic heterocycles. The number of esters is 1. The molecule has 1 aliphatic rings. The van der Waals surface area contributed by atoms with Crippen LogP contribution in [0.1, 0.15) is 37.0 Å². The van der Waals surface area contributed by atoms with Crippen LogP contribution in [0.25, 0.3) is 0 Å². The zero-order valence-corrected chi connectivity index (χ0v) is 13.2. The van der Waals surface area contributed by atoms with Crippen molar-refractivity contribution in [2.24, 2.45) is 0 Å². The summed E-state index contributed by atoms with van der Waals surface area (Å²) in [5, 5.41) is 7.32. The third-order valence-corrected chi connectivity index (χ3v) is 4.21. The standard InChI is InChI=1S/C17H21N3O3/c1-2-22-16(21)17(8-10-18-11-9-17)15-19-14(20-23-15)12-13-6-4-3-5-7-13/h3-7,18H,2,8-12H2,1H3. The summed E-state index contributed by atoms with van der Waals surface area (Å²) >= 11 is 0. The molecule has 1 aromatic carbocycles. The van der Waals surface area contributed by atoms with Crippen LogP contribution in [0.4, 0.5) is 0 Å². The molecule has 122 valence electrons. The molecule has 1 aromatic heterocycles. The Kier molecular flexibility index (Phi) is 4.71. The van der Waals surface area contributed by atoms with Crippen molar-refractivity contribution >= 4 is 5.97 Å². The lowest BCUT2D eigenvalue weighted by Crippen LogP contribution is -2.46. The highest BCUT2D eigenvalue weighted by Crippen LogP contribution is 2.34. The van der Waals surface area contributed by atoms with E-state index in [0.29, 0.717) is 37.6 Å². The van der Waals surface area contributed by atoms with E-state index in [9.17, 15) is 4.79 Å². The van der Waals surface area contributed by atoms with Gasteiger partial charge in [0, 0.05) is 6.42 Å². The normalized spacial score (nSPS) is 16.9. The van der Waals surface area contributed by atoms with Gasteiger partial charge in [-0.3, -0.25) is 4.79 Å². The quantitative estimate of drug-likeness (QED) is 0.849. The molecular weight excluding hydrogens is 294 g/mol. The maximum atomic E-state index is 12.5. The van der Waals surface area contributed by atoms with Crippen molar-refractivity contribution in [3.05, 3.63) is 47.6 Å². The Labute approximate surface area is 135 Å². The van der Waals surface area contributed by atoms with Gasteiger partial charge in [-0.25, -0.2) is 0 Å². The lowest BCUT2D eigenvalue weighted by molar-refractivity contribution is -0.152. The van der Waals surface area contributed by atoms with Crippen LogP contribution in [-0.4, -0.2) is 35.8 Å². The molecule has 1 saturated heterocycles. The molecule has 0 atom stereocenters. The third-order valence-electron chi connectivity index (χ3n) is 4.21. The van der Waals surface area contributed by atoms with Crippen LogP contribution in [0.5, 0.6) is 0 Å². The van der Waals surface area contributed by atoms with E-state index in [1.54, 1.807) is 6.92 Å². The molecule has 0 amide bonds. The first-order valence-electron chi connectivity index (χ1n) is 7.99. The van der Waals surface area contributed by atoms with Gasteiger partial charge in [0.1, 0.15) is 5.41 Å². The van der Waals surface area contributed by atoms with Crippen LogP contribution in [0, 0.1) is 0 Å². The van der Waals surface area contributed by atoms with Gasteiger partial charge in [-0.05, 0) is 38.4 Å². The van der Waals surface area contributed by atoms with E-state index in [4.69, 9.17) is 9.26 Å². The zero-order chi connectivity index (χ0) is 16.1. The Balaban J connectivity index is 1.84. The van der Waals surface area contributed by atoms with Crippen LogP contribution in [0.2, 0.25) is 0 Å². The number of rotatable bonds is 5. The average molecular weight is 315 g/mol. The van der Waals surface area contributed by atoms with Gasteiger partial charge in [-0.15, -0.1) is 0 Å². The van der Waals surface area contributed by atoms with E-state index in [1.807, 2.05) is 30.3 Å². The molecule has 0 aliphatic carbocycles. The molecule has 6 nitrogen and oxygen atoms in total. The second-order valence-corrected chi connectivity index (χ2v) is 5.73. The van der Waals surface area contributed by atoms with Crippen molar-refractivity contribution in [3.8, 4) is 0 Å². The van der Waals surface area contributed by atoms with Gasteiger partial charge in [-0.1, -0.05) is 35.5 Å². The first kappa shape index (κ1) is 15.7. The molecular formula is C17H21N3O3. The Hall–Kier alpha value is -2.21. The van der Waals surface area contributed by atoms with E-state index in [1.165, 1.54) is 0 Å². The SMILES string of the molecule is CCOC(=O)C1(c2nc(Cc3ccccc3)no2)CCNCC1. The molecule has 6 heteroatoms. The Morgan fingerprint density at radius 1 is 1.30 bits per heavy atom. The smallest absolute Gasteiger partial charge is 0.321 e. The topological polar surface area (TPSA) is 77.2 Å². The van der Waals surface area contributed by atoms with Crippen LogP contribution in [0.3, 0.4) is 0 Å². The van der Waals surface area contributed by atoms with Crippen molar-refractivity contribution in [2.45, 2.75) is 31.6 Å². The summed E-state index contributed by atoms with van der Waals surface area (Å²) in [5.74, 6) is 0.702. The van der Waals surface area contributed by atoms with E-state index < -0.39 is 5.41 Å². The third kappa shape index (κ3) is 3.27. The summed E-state index contributed by atoms with van der Waals surface area (Å²) in [6.45, 7) is 3.62. The summed E-state index contributed by atoms with van der Waals surface area (Å²) in [4.78, 5) is 17.0. The molecule has 0 saturated carbocycles. The van der Waals surface area contributed by atoms with Gasteiger partial charge in [0.25, 0.3) is 0 Å². The molecule has 23 heavy (non-hydrogen) atoms. The number of nitrogens with zero attached hydrogens (tertiary/aromatic N) is 2. The molecule has 0 radical (unpaired) electrons. The highest BCUT2D eigenvalue weighted by Gasteiger charge is 2.47. The lowest BCUT2D eigenvalue weighted by Gasteiger charge is -2.31. The number of carbonyl (C=O) groups is 1. The largest absolute Gasteiger partial charge is 0.465 e. The highest BCUT2D eigenvalue weighted by molar-refractivity contribution is 5.82. The van der Waals surface area contributed by atoms with E-state index in [0.717, 1.165) is 18.7 Å². The fourth-order valence-electron chi connectivity index (χ4n) is 2.93. The van der Waals surface area contributed by atoms with Crippen LogP contribution >= 0.6 is 0 Å². The number of benzene rings is 1. The van der Waals surface area contributed by atoms with Gasteiger partial charge >= 0.3 is 5.97 Å². The Bertz CT molecular complexity index is 648. The molecule has 1 fully saturated rings. The molecule has 0 spiro atoms. The van der Waals surface area contributed by atoms with Crippen molar-refractivity contribution < 1.29 is 14.1 Å². The maximum Gasteiger partial charge on any atom is 0.321 e. The number of carbonyl (C=O) groups excluding carboxylic acids is 1. The minimum atomic E-state index is -0.816. The average Bonchev–Trinajstić information content (AvgIpc) is 3.05. The summed E-state index contributed by atoms with van der Waals surface area (Å²) < 4.78 is 10.7. The predicted molar refractivity (Wildman–Crippen MR) is 84.0 cm³/mol. The van der Waals surface area contributed by atoms with Crippen molar-refractivity contribution in [1.82, 2.24) is 15.5 Å². The van der Waals surface area contributed by atoms with Crippen LogP contribution in [-0.2, 0) is 21.4 Å². The number of hydrogen-bond donors (Lipinski definition) is 1. The van der Waals surface area contributed by atoms with Crippen molar-refractivity contribution in [1.29, 1.82) is 0 Å². The summed E-state index contributed by atoms with van der Waals surface area (Å²) in [5.41, 5.74) is 0.291. The van der Waals surface area contributed by atoms with E-state index in [-0.39, 0.29) is 5.97 Å². The van der Waals surface area contributed by atoms with Gasteiger partial charge in [-0.2, -0.15) is 4.98 Å². The van der Waals surface area contributed by atoms with E-state index >= 15 is 0 Å². The Morgan fingerprint density at radius 3 is 2.74 bits per heavy atom. The van der Waals surface area contributed by atoms with E-state index in [2.05, 4.69) is 15.5 Å². The van der Waals surface area contributed by atoms with Crippen LogP contribution < -0.4 is 5.32 Å². The number of piperidine rings is 1. The molecule has 0 bridgehead atoms. The second kappa shape index (κ2) is 6.91. The second-order valence-electron chi connectivity index (χ2n) is 5.73. The van der Waals surface area contributed by atoms with Gasteiger partial charge in [0.15, 0.2) is 5.82 Å². The van der Waals surface area contributed by atoms with Crippen molar-refractivity contribution in [3.63, 3.8) is 0 Å². The van der Waals surface area contributed by atoms with Crippen LogP contribution in [0.15, 0.2) is 34.9 Å². The van der Waals surface area contributed by atoms with Gasteiger partial charge in [0.05, 0.1) is 6.61 Å². The lowest BCUT2D eigenvalue weighted by atomic mass is 9.78. The monoisotopic (exact) mass is 315 g/mol. The number of nitrogens with one attached hydrogen (secondary N) is 1. The molecule has 3 rings (SSSR count).